The summed E-state index contributed by atoms with van der Waals surface area (Å²) in [6, 6.07) is 4.58. The maximum Gasteiger partial charge on any atom is 0.120 e. The van der Waals surface area contributed by atoms with Crippen LogP contribution in [0.4, 0.5) is 0 Å². The molecule has 0 saturated carbocycles. The molecule has 1 atom stereocenters. The van der Waals surface area contributed by atoms with E-state index < -0.39 is 0 Å². The third-order valence-electron chi connectivity index (χ3n) is 4.03. The number of likely N-dealkylation sites (tertiary alicyclic amines) is 1. The van der Waals surface area contributed by atoms with Crippen LogP contribution in [0.3, 0.4) is 0 Å². The highest BCUT2D eigenvalue weighted by atomic mass is 16.3. The summed E-state index contributed by atoms with van der Waals surface area (Å²) < 4.78 is 5.58. The van der Waals surface area contributed by atoms with Crippen LogP contribution in [0.15, 0.2) is 22.8 Å². The standard InChI is InChI=1S/C15H26N2O/c1-3-14(15-6-5-11-18-15)17-9-7-13(8-10-17)12-16-4-2/h5-6,11,13-14,16H,3-4,7-10,12H2,1-2H3. The average molecular weight is 250 g/mol. The van der Waals surface area contributed by atoms with Gasteiger partial charge in [-0.05, 0) is 63.5 Å². The van der Waals surface area contributed by atoms with Crippen LogP contribution in [0.5, 0.6) is 0 Å². The minimum Gasteiger partial charge on any atom is -0.468 e. The van der Waals surface area contributed by atoms with Crippen molar-refractivity contribution in [2.75, 3.05) is 26.2 Å². The van der Waals surface area contributed by atoms with Crippen molar-refractivity contribution < 1.29 is 4.42 Å². The first-order valence-electron chi connectivity index (χ1n) is 7.33. The van der Waals surface area contributed by atoms with E-state index in [-0.39, 0.29) is 0 Å². The van der Waals surface area contributed by atoms with Gasteiger partial charge < -0.3 is 9.73 Å². The molecule has 1 aromatic rings. The van der Waals surface area contributed by atoms with Crippen LogP contribution in [-0.2, 0) is 0 Å². The lowest BCUT2D eigenvalue weighted by molar-refractivity contribution is 0.115. The van der Waals surface area contributed by atoms with Crippen molar-refractivity contribution in [2.45, 2.75) is 39.2 Å². The molecule has 1 saturated heterocycles. The van der Waals surface area contributed by atoms with Gasteiger partial charge in [-0.3, -0.25) is 4.90 Å². The van der Waals surface area contributed by atoms with Crippen molar-refractivity contribution in [1.82, 2.24) is 10.2 Å². The number of hydrogen-bond acceptors (Lipinski definition) is 3. The minimum atomic E-state index is 0.472. The lowest BCUT2D eigenvalue weighted by Gasteiger charge is -2.36. The molecule has 1 aliphatic rings. The van der Waals surface area contributed by atoms with Gasteiger partial charge in [-0.25, -0.2) is 0 Å². The fourth-order valence-corrected chi connectivity index (χ4v) is 2.94. The predicted molar refractivity (Wildman–Crippen MR) is 74.6 cm³/mol. The lowest BCUT2D eigenvalue weighted by atomic mass is 9.95. The van der Waals surface area contributed by atoms with Crippen molar-refractivity contribution in [3.8, 4) is 0 Å². The van der Waals surface area contributed by atoms with E-state index in [0.29, 0.717) is 6.04 Å². The van der Waals surface area contributed by atoms with E-state index >= 15 is 0 Å². The smallest absolute Gasteiger partial charge is 0.120 e. The second-order valence-electron chi connectivity index (χ2n) is 5.23. The van der Waals surface area contributed by atoms with E-state index in [2.05, 4.69) is 30.1 Å². The van der Waals surface area contributed by atoms with Gasteiger partial charge in [-0.1, -0.05) is 13.8 Å². The van der Waals surface area contributed by atoms with E-state index in [1.807, 2.05) is 6.07 Å². The summed E-state index contributed by atoms with van der Waals surface area (Å²) in [7, 11) is 0. The largest absolute Gasteiger partial charge is 0.468 e. The van der Waals surface area contributed by atoms with Crippen LogP contribution < -0.4 is 5.32 Å². The third-order valence-corrected chi connectivity index (χ3v) is 4.03. The molecule has 2 rings (SSSR count). The Hall–Kier alpha value is -0.800. The summed E-state index contributed by atoms with van der Waals surface area (Å²) in [4.78, 5) is 2.58. The monoisotopic (exact) mass is 250 g/mol. The zero-order valence-electron chi connectivity index (χ0n) is 11.7. The molecule has 1 fully saturated rings. The molecular weight excluding hydrogens is 224 g/mol. The van der Waals surface area contributed by atoms with Crippen LogP contribution in [0.2, 0.25) is 0 Å². The SMILES string of the molecule is CCNCC1CCN(C(CC)c2ccco2)CC1. The second-order valence-corrected chi connectivity index (χ2v) is 5.23. The van der Waals surface area contributed by atoms with Gasteiger partial charge in [0.1, 0.15) is 5.76 Å². The number of nitrogens with zero attached hydrogens (tertiary/aromatic N) is 1. The molecule has 0 aliphatic carbocycles. The Kier molecular flexibility index (Phi) is 5.26. The van der Waals surface area contributed by atoms with Crippen LogP contribution in [-0.4, -0.2) is 31.1 Å². The van der Waals surface area contributed by atoms with Crippen LogP contribution in [0.1, 0.15) is 44.9 Å². The number of nitrogens with one attached hydrogen (secondary N) is 1. The molecule has 0 aromatic carbocycles. The van der Waals surface area contributed by atoms with Gasteiger partial charge in [0, 0.05) is 0 Å². The molecule has 1 aliphatic heterocycles. The Balaban J connectivity index is 1.84. The molecule has 1 unspecified atom stereocenters. The van der Waals surface area contributed by atoms with Gasteiger partial charge in [-0.15, -0.1) is 0 Å². The lowest BCUT2D eigenvalue weighted by Crippen LogP contribution is -2.39. The van der Waals surface area contributed by atoms with Crippen molar-refractivity contribution >= 4 is 0 Å². The minimum absolute atomic E-state index is 0.472. The van der Waals surface area contributed by atoms with E-state index in [1.165, 1.54) is 32.5 Å². The summed E-state index contributed by atoms with van der Waals surface area (Å²) in [6.45, 7) is 9.10. The Morgan fingerprint density at radius 2 is 2.17 bits per heavy atom. The Morgan fingerprint density at radius 3 is 2.72 bits per heavy atom. The van der Waals surface area contributed by atoms with Crippen molar-refractivity contribution in [3.63, 3.8) is 0 Å². The van der Waals surface area contributed by atoms with Gasteiger partial charge in [0.15, 0.2) is 0 Å². The predicted octanol–water partition coefficient (Wildman–Crippen LogP) is 3.05. The average Bonchev–Trinajstić information content (AvgIpc) is 2.93. The first-order chi connectivity index (χ1) is 8.85. The summed E-state index contributed by atoms with van der Waals surface area (Å²) in [5.41, 5.74) is 0. The Labute approximate surface area is 111 Å². The molecule has 1 aromatic heterocycles. The van der Waals surface area contributed by atoms with Crippen molar-refractivity contribution in [2.24, 2.45) is 5.92 Å². The summed E-state index contributed by atoms with van der Waals surface area (Å²) in [5.74, 6) is 1.98. The van der Waals surface area contributed by atoms with Crippen molar-refractivity contribution in [1.29, 1.82) is 0 Å². The third kappa shape index (κ3) is 3.36. The maximum absolute atomic E-state index is 5.58. The highest BCUT2D eigenvalue weighted by Crippen LogP contribution is 2.29. The maximum atomic E-state index is 5.58. The number of rotatable bonds is 6. The van der Waals surface area contributed by atoms with Crippen LogP contribution in [0, 0.1) is 5.92 Å². The fraction of sp³-hybridized carbons (Fsp3) is 0.733. The fourth-order valence-electron chi connectivity index (χ4n) is 2.94. The van der Waals surface area contributed by atoms with E-state index in [1.54, 1.807) is 6.26 Å². The zero-order chi connectivity index (χ0) is 12.8. The molecule has 0 bridgehead atoms. The first kappa shape index (κ1) is 13.6. The number of furan rings is 1. The van der Waals surface area contributed by atoms with Gasteiger partial charge in [0.2, 0.25) is 0 Å². The molecule has 0 radical (unpaired) electrons. The first-order valence-corrected chi connectivity index (χ1v) is 7.33. The number of piperidine rings is 1. The molecule has 0 spiro atoms. The van der Waals surface area contributed by atoms with Gasteiger partial charge >= 0.3 is 0 Å². The van der Waals surface area contributed by atoms with E-state index in [4.69, 9.17) is 4.42 Å². The quantitative estimate of drug-likeness (QED) is 0.841. The summed E-state index contributed by atoms with van der Waals surface area (Å²) in [5, 5.41) is 3.47. The van der Waals surface area contributed by atoms with E-state index in [9.17, 15) is 0 Å². The van der Waals surface area contributed by atoms with Gasteiger partial charge in [0.05, 0.1) is 12.3 Å². The molecule has 18 heavy (non-hydrogen) atoms. The topological polar surface area (TPSA) is 28.4 Å². The Morgan fingerprint density at radius 1 is 1.39 bits per heavy atom. The molecule has 102 valence electrons. The molecule has 2 heterocycles. The highest BCUT2D eigenvalue weighted by Gasteiger charge is 2.26. The summed E-state index contributed by atoms with van der Waals surface area (Å²) in [6.07, 6.45) is 5.54. The van der Waals surface area contributed by atoms with Crippen LogP contribution in [0.25, 0.3) is 0 Å². The second kappa shape index (κ2) is 6.95. The molecular formula is C15H26N2O. The number of hydrogen-bond donors (Lipinski definition) is 1. The molecule has 3 nitrogen and oxygen atoms in total. The zero-order valence-corrected chi connectivity index (χ0v) is 11.7. The van der Waals surface area contributed by atoms with Gasteiger partial charge in [-0.2, -0.15) is 0 Å². The van der Waals surface area contributed by atoms with Gasteiger partial charge in [0.25, 0.3) is 0 Å². The molecule has 0 amide bonds. The summed E-state index contributed by atoms with van der Waals surface area (Å²) >= 11 is 0. The molecule has 1 N–H and O–H groups in total. The molecule has 3 heteroatoms. The normalized spacial score (nSPS) is 20.1. The highest BCUT2D eigenvalue weighted by molar-refractivity contribution is 5.05. The Bertz CT molecular complexity index is 315. The van der Waals surface area contributed by atoms with Crippen molar-refractivity contribution in [3.05, 3.63) is 24.2 Å². The van der Waals surface area contributed by atoms with Crippen LogP contribution >= 0.6 is 0 Å². The van der Waals surface area contributed by atoms with E-state index in [0.717, 1.165) is 24.6 Å².